The molecule has 0 bridgehead atoms. The van der Waals surface area contributed by atoms with E-state index in [1.165, 1.54) is 4.31 Å². The van der Waals surface area contributed by atoms with Crippen molar-refractivity contribution in [3.8, 4) is 0 Å². The van der Waals surface area contributed by atoms with E-state index in [1.54, 1.807) is 0 Å². The van der Waals surface area contributed by atoms with Gasteiger partial charge in [-0.1, -0.05) is 0 Å². The maximum absolute atomic E-state index is 11.0. The first-order valence-corrected chi connectivity index (χ1v) is 6.56. The molecular formula is C8H17N3O2S. The molecule has 0 atom stereocenters. The van der Waals surface area contributed by atoms with Gasteiger partial charge in [-0.3, -0.25) is 0 Å². The number of hydrogen-bond acceptors (Lipinski definition) is 3. The van der Waals surface area contributed by atoms with Gasteiger partial charge in [-0.05, 0) is 37.8 Å². The van der Waals surface area contributed by atoms with Crippen molar-refractivity contribution >= 4 is 10.2 Å². The first kappa shape index (κ1) is 10.4. The Labute approximate surface area is 84.8 Å². The van der Waals surface area contributed by atoms with E-state index < -0.39 is 10.2 Å². The third kappa shape index (κ3) is 2.08. The minimum absolute atomic E-state index is 0.597. The summed E-state index contributed by atoms with van der Waals surface area (Å²) in [6, 6.07) is 0. The van der Waals surface area contributed by atoms with Gasteiger partial charge in [-0.25, -0.2) is 5.14 Å². The summed E-state index contributed by atoms with van der Waals surface area (Å²) < 4.78 is 23.5. The van der Waals surface area contributed by atoms with Crippen LogP contribution in [0, 0.1) is 11.8 Å². The number of rotatable bonds is 2. The molecule has 2 aliphatic heterocycles. The SMILES string of the molecule is NS(=O)(=O)N1CCC(C2CNC2)CC1. The molecule has 3 N–H and O–H groups in total. The average Bonchev–Trinajstić information content (AvgIpc) is 2.00. The lowest BCUT2D eigenvalue weighted by molar-refractivity contribution is 0.161. The van der Waals surface area contributed by atoms with Gasteiger partial charge >= 0.3 is 0 Å². The Hall–Kier alpha value is -0.170. The lowest BCUT2D eigenvalue weighted by Crippen LogP contribution is -2.50. The summed E-state index contributed by atoms with van der Waals surface area (Å²) in [4.78, 5) is 0. The van der Waals surface area contributed by atoms with Crippen molar-refractivity contribution in [2.24, 2.45) is 17.0 Å². The molecule has 5 nitrogen and oxygen atoms in total. The van der Waals surface area contributed by atoms with Crippen molar-refractivity contribution in [3.05, 3.63) is 0 Å². The highest BCUT2D eigenvalue weighted by Crippen LogP contribution is 2.27. The van der Waals surface area contributed by atoms with Crippen LogP contribution in [-0.4, -0.2) is 38.9 Å². The molecule has 0 aliphatic carbocycles. The maximum atomic E-state index is 11.0. The van der Waals surface area contributed by atoms with Gasteiger partial charge in [0.2, 0.25) is 0 Å². The zero-order valence-electron chi connectivity index (χ0n) is 8.15. The van der Waals surface area contributed by atoms with Crippen LogP contribution in [-0.2, 0) is 10.2 Å². The van der Waals surface area contributed by atoms with Crippen LogP contribution in [0.1, 0.15) is 12.8 Å². The van der Waals surface area contributed by atoms with Gasteiger partial charge in [0, 0.05) is 13.1 Å². The molecule has 0 aromatic heterocycles. The molecule has 82 valence electrons. The minimum atomic E-state index is -3.45. The van der Waals surface area contributed by atoms with Crippen molar-refractivity contribution in [1.82, 2.24) is 9.62 Å². The molecule has 2 rings (SSSR count). The lowest BCUT2D eigenvalue weighted by Gasteiger charge is -2.39. The summed E-state index contributed by atoms with van der Waals surface area (Å²) in [7, 11) is -3.45. The number of nitrogens with zero attached hydrogens (tertiary/aromatic N) is 1. The first-order chi connectivity index (χ1) is 6.57. The zero-order chi connectivity index (χ0) is 10.2. The van der Waals surface area contributed by atoms with E-state index in [2.05, 4.69) is 5.32 Å². The van der Waals surface area contributed by atoms with Crippen LogP contribution in [0.4, 0.5) is 0 Å². The molecule has 6 heteroatoms. The first-order valence-electron chi connectivity index (χ1n) is 5.06. The Morgan fingerprint density at radius 1 is 1.14 bits per heavy atom. The van der Waals surface area contributed by atoms with Crippen molar-refractivity contribution < 1.29 is 8.42 Å². The second-order valence-electron chi connectivity index (χ2n) is 4.20. The fourth-order valence-corrected chi connectivity index (χ4v) is 2.97. The highest BCUT2D eigenvalue weighted by molar-refractivity contribution is 7.86. The summed E-state index contributed by atoms with van der Waals surface area (Å²) in [6.45, 7) is 3.39. The maximum Gasteiger partial charge on any atom is 0.276 e. The summed E-state index contributed by atoms with van der Waals surface area (Å²) in [5.74, 6) is 1.45. The summed E-state index contributed by atoms with van der Waals surface area (Å²) in [5, 5.41) is 8.31. The second kappa shape index (κ2) is 3.77. The molecule has 0 aromatic carbocycles. The van der Waals surface area contributed by atoms with Gasteiger partial charge in [0.1, 0.15) is 0 Å². The molecule has 2 aliphatic rings. The van der Waals surface area contributed by atoms with Crippen LogP contribution in [0.25, 0.3) is 0 Å². The summed E-state index contributed by atoms with van der Waals surface area (Å²) in [5.41, 5.74) is 0. The van der Waals surface area contributed by atoms with E-state index in [9.17, 15) is 8.42 Å². The van der Waals surface area contributed by atoms with Crippen molar-refractivity contribution in [2.75, 3.05) is 26.2 Å². The third-order valence-electron chi connectivity index (χ3n) is 3.34. The van der Waals surface area contributed by atoms with Gasteiger partial charge in [0.15, 0.2) is 0 Å². The Balaban J connectivity index is 1.85. The molecule has 0 spiro atoms. The molecule has 0 unspecified atom stereocenters. The molecule has 2 heterocycles. The molecule has 0 radical (unpaired) electrons. The van der Waals surface area contributed by atoms with E-state index in [-0.39, 0.29) is 0 Å². The van der Waals surface area contributed by atoms with E-state index in [1.807, 2.05) is 0 Å². The Bertz CT molecular complexity index is 292. The highest BCUT2D eigenvalue weighted by atomic mass is 32.2. The Kier molecular flexibility index (Phi) is 2.79. The Morgan fingerprint density at radius 3 is 2.07 bits per heavy atom. The monoisotopic (exact) mass is 219 g/mol. The minimum Gasteiger partial charge on any atom is -0.316 e. The normalized spacial score (nSPS) is 27.5. The van der Waals surface area contributed by atoms with Gasteiger partial charge in [-0.2, -0.15) is 12.7 Å². The fourth-order valence-electron chi connectivity index (χ4n) is 2.25. The lowest BCUT2D eigenvalue weighted by atomic mass is 9.81. The largest absolute Gasteiger partial charge is 0.316 e. The van der Waals surface area contributed by atoms with Crippen molar-refractivity contribution in [3.63, 3.8) is 0 Å². The van der Waals surface area contributed by atoms with Crippen molar-refractivity contribution in [2.45, 2.75) is 12.8 Å². The molecule has 0 aromatic rings. The van der Waals surface area contributed by atoms with E-state index in [0.29, 0.717) is 19.0 Å². The molecular weight excluding hydrogens is 202 g/mol. The van der Waals surface area contributed by atoms with E-state index in [0.717, 1.165) is 31.8 Å². The second-order valence-corrected chi connectivity index (χ2v) is 5.75. The number of nitrogens with two attached hydrogens (primary N) is 1. The van der Waals surface area contributed by atoms with Crippen LogP contribution in [0.5, 0.6) is 0 Å². The van der Waals surface area contributed by atoms with Gasteiger partial charge in [0.25, 0.3) is 10.2 Å². The van der Waals surface area contributed by atoms with Crippen molar-refractivity contribution in [1.29, 1.82) is 0 Å². The molecule has 14 heavy (non-hydrogen) atoms. The zero-order valence-corrected chi connectivity index (χ0v) is 8.96. The van der Waals surface area contributed by atoms with Crippen LogP contribution >= 0.6 is 0 Å². The molecule has 2 saturated heterocycles. The number of nitrogens with one attached hydrogen (secondary N) is 1. The smallest absolute Gasteiger partial charge is 0.276 e. The van der Waals surface area contributed by atoms with E-state index in [4.69, 9.17) is 5.14 Å². The number of piperidine rings is 1. The van der Waals surface area contributed by atoms with Crippen LogP contribution in [0.2, 0.25) is 0 Å². The fraction of sp³-hybridized carbons (Fsp3) is 1.00. The predicted molar refractivity (Wildman–Crippen MR) is 53.8 cm³/mol. The quantitative estimate of drug-likeness (QED) is 0.633. The molecule has 0 amide bonds. The van der Waals surface area contributed by atoms with Crippen LogP contribution in [0.3, 0.4) is 0 Å². The van der Waals surface area contributed by atoms with Gasteiger partial charge in [0.05, 0.1) is 0 Å². The number of hydrogen-bond donors (Lipinski definition) is 2. The van der Waals surface area contributed by atoms with Gasteiger partial charge < -0.3 is 5.32 Å². The van der Waals surface area contributed by atoms with Crippen LogP contribution in [0.15, 0.2) is 0 Å². The third-order valence-corrected chi connectivity index (χ3v) is 4.42. The topological polar surface area (TPSA) is 75.4 Å². The summed E-state index contributed by atoms with van der Waals surface area (Å²) in [6.07, 6.45) is 1.92. The molecule has 2 fully saturated rings. The van der Waals surface area contributed by atoms with Crippen LogP contribution < -0.4 is 10.5 Å². The highest BCUT2D eigenvalue weighted by Gasteiger charge is 2.32. The average molecular weight is 219 g/mol. The summed E-state index contributed by atoms with van der Waals surface area (Å²) >= 11 is 0. The predicted octanol–water partition coefficient (Wildman–Crippen LogP) is -0.879. The molecule has 0 saturated carbocycles. The standard InChI is InChI=1S/C8H17N3O2S/c9-14(12,13)11-3-1-7(2-4-11)8-5-10-6-8/h7-8,10H,1-6H2,(H2,9,12,13). The van der Waals surface area contributed by atoms with E-state index >= 15 is 0 Å². The van der Waals surface area contributed by atoms with Gasteiger partial charge in [-0.15, -0.1) is 0 Å². The Morgan fingerprint density at radius 2 is 1.71 bits per heavy atom.